The van der Waals surface area contributed by atoms with E-state index in [0.29, 0.717) is 18.7 Å². The molecular weight excluding hydrogens is 256 g/mol. The first-order valence-corrected chi connectivity index (χ1v) is 6.88. The van der Waals surface area contributed by atoms with Crippen LogP contribution in [-0.4, -0.2) is 29.9 Å². The van der Waals surface area contributed by atoms with Crippen molar-refractivity contribution in [2.24, 2.45) is 0 Å². The monoisotopic (exact) mass is 280 g/mol. The van der Waals surface area contributed by atoms with Crippen LogP contribution in [0.15, 0.2) is 18.2 Å². The number of amides is 2. The lowest BCUT2D eigenvalue weighted by atomic mass is 10.0. The Morgan fingerprint density at radius 1 is 1.40 bits per heavy atom. The van der Waals surface area contributed by atoms with E-state index in [4.69, 9.17) is 4.74 Å². The number of rotatable bonds is 6. The van der Waals surface area contributed by atoms with Gasteiger partial charge < -0.3 is 20.5 Å². The van der Waals surface area contributed by atoms with Crippen molar-refractivity contribution in [3.05, 3.63) is 23.8 Å². The van der Waals surface area contributed by atoms with Crippen LogP contribution in [0.1, 0.15) is 32.8 Å². The molecule has 5 heteroatoms. The summed E-state index contributed by atoms with van der Waals surface area (Å²) in [6.07, 6.45) is 0.579. The minimum Gasteiger partial charge on any atom is -0.494 e. The zero-order valence-corrected chi connectivity index (χ0v) is 12.6. The van der Waals surface area contributed by atoms with Crippen LogP contribution < -0.4 is 15.4 Å². The Kier molecular flexibility index (Phi) is 5.82. The number of benzene rings is 1. The molecule has 0 saturated carbocycles. The van der Waals surface area contributed by atoms with Crippen LogP contribution in [0.2, 0.25) is 0 Å². The van der Waals surface area contributed by atoms with Gasteiger partial charge in [-0.25, -0.2) is 4.79 Å². The minimum atomic E-state index is -0.883. The van der Waals surface area contributed by atoms with Crippen LogP contribution in [-0.2, 0) is 0 Å². The van der Waals surface area contributed by atoms with Crippen LogP contribution in [0.5, 0.6) is 5.75 Å². The van der Waals surface area contributed by atoms with E-state index in [2.05, 4.69) is 10.6 Å². The maximum Gasteiger partial charge on any atom is 0.319 e. The lowest BCUT2D eigenvalue weighted by Gasteiger charge is -2.21. The Bertz CT molecular complexity index is 458. The van der Waals surface area contributed by atoms with E-state index in [0.717, 1.165) is 11.3 Å². The average molecular weight is 280 g/mol. The Morgan fingerprint density at radius 3 is 2.65 bits per heavy atom. The number of urea groups is 1. The van der Waals surface area contributed by atoms with Crippen LogP contribution >= 0.6 is 0 Å². The molecule has 0 spiro atoms. The summed E-state index contributed by atoms with van der Waals surface area (Å²) in [5, 5.41) is 15.2. The SMILES string of the molecule is CCOc1ccc(NC(=O)NCC(C)(O)CC)cc1C. The first-order valence-electron chi connectivity index (χ1n) is 6.88. The molecule has 0 heterocycles. The first-order chi connectivity index (χ1) is 9.38. The molecule has 0 aromatic heterocycles. The number of carbonyl (C=O) groups is 1. The van der Waals surface area contributed by atoms with Gasteiger partial charge in [-0.05, 0) is 51.0 Å². The highest BCUT2D eigenvalue weighted by Gasteiger charge is 2.18. The maximum atomic E-state index is 11.7. The largest absolute Gasteiger partial charge is 0.494 e. The molecule has 0 saturated heterocycles. The van der Waals surface area contributed by atoms with Gasteiger partial charge >= 0.3 is 6.03 Å². The van der Waals surface area contributed by atoms with Gasteiger partial charge in [0.2, 0.25) is 0 Å². The Balaban J connectivity index is 2.56. The Labute approximate surface area is 120 Å². The molecule has 20 heavy (non-hydrogen) atoms. The highest BCUT2D eigenvalue weighted by atomic mass is 16.5. The smallest absolute Gasteiger partial charge is 0.319 e. The Morgan fingerprint density at radius 2 is 2.10 bits per heavy atom. The normalized spacial score (nSPS) is 13.4. The van der Waals surface area contributed by atoms with E-state index in [1.807, 2.05) is 32.9 Å². The molecule has 5 nitrogen and oxygen atoms in total. The lowest BCUT2D eigenvalue weighted by Crippen LogP contribution is -2.41. The van der Waals surface area contributed by atoms with Gasteiger partial charge in [-0.3, -0.25) is 0 Å². The number of aryl methyl sites for hydroxylation is 1. The third kappa shape index (κ3) is 5.09. The number of hydrogen-bond acceptors (Lipinski definition) is 3. The molecule has 0 aliphatic heterocycles. The predicted molar refractivity (Wildman–Crippen MR) is 80.3 cm³/mol. The van der Waals surface area contributed by atoms with Gasteiger partial charge in [0.15, 0.2) is 0 Å². The van der Waals surface area contributed by atoms with Crippen molar-refractivity contribution in [2.75, 3.05) is 18.5 Å². The molecule has 0 fully saturated rings. The van der Waals surface area contributed by atoms with Gasteiger partial charge in [-0.2, -0.15) is 0 Å². The number of hydrogen-bond donors (Lipinski definition) is 3. The number of anilines is 1. The second-order valence-corrected chi connectivity index (χ2v) is 5.07. The summed E-state index contributed by atoms with van der Waals surface area (Å²) in [5.74, 6) is 0.812. The zero-order chi connectivity index (χ0) is 15.2. The lowest BCUT2D eigenvalue weighted by molar-refractivity contribution is 0.0587. The van der Waals surface area contributed by atoms with E-state index >= 15 is 0 Å². The fourth-order valence-electron chi connectivity index (χ4n) is 1.62. The Hall–Kier alpha value is -1.75. The summed E-state index contributed by atoms with van der Waals surface area (Å²) in [6, 6.07) is 5.14. The summed E-state index contributed by atoms with van der Waals surface area (Å²) in [7, 11) is 0. The highest BCUT2D eigenvalue weighted by Crippen LogP contribution is 2.21. The van der Waals surface area contributed by atoms with E-state index in [-0.39, 0.29) is 12.6 Å². The quantitative estimate of drug-likeness (QED) is 0.750. The number of carbonyl (C=O) groups excluding carboxylic acids is 1. The molecular formula is C15H24N2O3. The molecule has 1 aromatic rings. The third-order valence-corrected chi connectivity index (χ3v) is 3.12. The van der Waals surface area contributed by atoms with Gasteiger partial charge in [-0.15, -0.1) is 0 Å². The topological polar surface area (TPSA) is 70.6 Å². The molecule has 0 aliphatic rings. The maximum absolute atomic E-state index is 11.7. The summed E-state index contributed by atoms with van der Waals surface area (Å²) in [6.45, 7) is 8.24. The van der Waals surface area contributed by atoms with Gasteiger partial charge in [0.05, 0.1) is 12.2 Å². The number of ether oxygens (including phenoxy) is 1. The van der Waals surface area contributed by atoms with Crippen molar-refractivity contribution in [1.29, 1.82) is 0 Å². The van der Waals surface area contributed by atoms with Crippen LogP contribution in [0.25, 0.3) is 0 Å². The van der Waals surface area contributed by atoms with Gasteiger partial charge in [0, 0.05) is 12.2 Å². The standard InChI is InChI=1S/C15H24N2O3/c1-5-15(4,19)10-16-14(18)17-12-7-8-13(20-6-2)11(3)9-12/h7-9,19H,5-6,10H2,1-4H3,(H2,16,17,18). The second-order valence-electron chi connectivity index (χ2n) is 5.07. The van der Waals surface area contributed by atoms with Crippen molar-refractivity contribution < 1.29 is 14.6 Å². The molecule has 1 rings (SSSR count). The van der Waals surface area contributed by atoms with E-state index in [9.17, 15) is 9.90 Å². The number of aliphatic hydroxyl groups is 1. The molecule has 0 radical (unpaired) electrons. The van der Waals surface area contributed by atoms with Gasteiger partial charge in [0.1, 0.15) is 5.75 Å². The summed E-state index contributed by atoms with van der Waals surface area (Å²) >= 11 is 0. The fourth-order valence-corrected chi connectivity index (χ4v) is 1.62. The van der Waals surface area contributed by atoms with Crippen LogP contribution in [0, 0.1) is 6.92 Å². The summed E-state index contributed by atoms with van der Waals surface area (Å²) < 4.78 is 5.44. The minimum absolute atomic E-state index is 0.214. The molecule has 2 amide bonds. The van der Waals surface area contributed by atoms with E-state index in [1.54, 1.807) is 13.0 Å². The van der Waals surface area contributed by atoms with Gasteiger partial charge in [0.25, 0.3) is 0 Å². The van der Waals surface area contributed by atoms with Crippen molar-refractivity contribution in [2.45, 2.75) is 39.7 Å². The van der Waals surface area contributed by atoms with Crippen LogP contribution in [0.3, 0.4) is 0 Å². The van der Waals surface area contributed by atoms with E-state index < -0.39 is 5.60 Å². The van der Waals surface area contributed by atoms with Crippen molar-refractivity contribution in [1.82, 2.24) is 5.32 Å². The summed E-state index contributed by atoms with van der Waals surface area (Å²) in [5.41, 5.74) is 0.774. The molecule has 0 aliphatic carbocycles. The highest BCUT2D eigenvalue weighted by molar-refractivity contribution is 5.89. The predicted octanol–water partition coefficient (Wildman–Crippen LogP) is 2.68. The van der Waals surface area contributed by atoms with E-state index in [1.165, 1.54) is 0 Å². The fraction of sp³-hybridized carbons (Fsp3) is 0.533. The van der Waals surface area contributed by atoms with Crippen LogP contribution in [0.4, 0.5) is 10.5 Å². The average Bonchev–Trinajstić information content (AvgIpc) is 2.40. The number of nitrogens with one attached hydrogen (secondary N) is 2. The molecule has 3 N–H and O–H groups in total. The molecule has 0 bridgehead atoms. The van der Waals surface area contributed by atoms with Gasteiger partial charge in [-0.1, -0.05) is 6.92 Å². The second kappa shape index (κ2) is 7.14. The molecule has 1 aromatic carbocycles. The van der Waals surface area contributed by atoms with Crippen molar-refractivity contribution in [3.8, 4) is 5.75 Å². The van der Waals surface area contributed by atoms with Crippen molar-refractivity contribution in [3.63, 3.8) is 0 Å². The molecule has 112 valence electrons. The van der Waals surface area contributed by atoms with Crippen molar-refractivity contribution >= 4 is 11.7 Å². The first kappa shape index (κ1) is 16.3. The third-order valence-electron chi connectivity index (χ3n) is 3.12. The zero-order valence-electron chi connectivity index (χ0n) is 12.6. The molecule has 1 unspecified atom stereocenters. The molecule has 1 atom stereocenters. The summed E-state index contributed by atoms with van der Waals surface area (Å²) in [4.78, 5) is 11.7.